The number of halogens is 3. The molecule has 0 amide bonds. The van der Waals surface area contributed by atoms with Crippen molar-refractivity contribution in [2.45, 2.75) is 22.9 Å². The maximum Gasteiger partial charge on any atom is 0.416 e. The molecule has 0 spiro atoms. The highest BCUT2D eigenvalue weighted by Gasteiger charge is 2.36. The molecule has 0 radical (unpaired) electrons. The van der Waals surface area contributed by atoms with E-state index in [1.54, 1.807) is 0 Å². The first-order chi connectivity index (χ1) is 18.6. The zero-order chi connectivity index (χ0) is 28.1. The Morgan fingerprint density at radius 3 is 1.92 bits per heavy atom. The van der Waals surface area contributed by atoms with Crippen LogP contribution in [0.3, 0.4) is 0 Å². The first-order valence-corrected chi connectivity index (χ1v) is 15.0. The molecule has 5 nitrogen and oxygen atoms in total. The first-order valence-electron chi connectivity index (χ1n) is 12.2. The topological polar surface area (TPSA) is 64.4 Å². The average Bonchev–Trinajstić information content (AvgIpc) is 2.96. The fourth-order valence-electron chi connectivity index (χ4n) is 4.56. The lowest BCUT2D eigenvalue weighted by Crippen LogP contribution is -2.49. The van der Waals surface area contributed by atoms with Crippen molar-refractivity contribution in [2.75, 3.05) is 31.9 Å². The van der Waals surface area contributed by atoms with E-state index in [1.165, 1.54) is 22.1 Å². The Morgan fingerprint density at radius 2 is 1.41 bits per heavy atom. The third-order valence-corrected chi connectivity index (χ3v) is 10.1. The zero-order valence-corrected chi connectivity index (χ0v) is 23.3. The van der Waals surface area contributed by atoms with Crippen molar-refractivity contribution in [1.29, 1.82) is 5.26 Å². The van der Waals surface area contributed by atoms with E-state index >= 15 is 0 Å². The molecule has 0 unspecified atom stereocenters. The lowest BCUT2D eigenvalue weighted by Gasteiger charge is -2.35. The third-order valence-electron chi connectivity index (χ3n) is 6.72. The smallest absolute Gasteiger partial charge is 0.355 e. The molecule has 1 fully saturated rings. The van der Waals surface area contributed by atoms with Gasteiger partial charge in [-0.2, -0.15) is 22.7 Å². The monoisotopic (exact) mass is 589 g/mol. The van der Waals surface area contributed by atoms with Crippen LogP contribution in [-0.4, -0.2) is 53.9 Å². The lowest BCUT2D eigenvalue weighted by molar-refractivity contribution is -0.137. The number of alkyl halides is 3. The standard InChI is InChI=1S/C28H26F3N3O2S3/c29-28(30,31)24-12-7-13-25(20-24)39(35,36)34-17-15-33(16-18-34)26(37)38-19-14-27(21-32,22-8-3-1-4-9-22)23-10-5-2-6-11-23/h1-13,20H,14-19H2. The fraction of sp³-hybridized carbons (Fsp3) is 0.286. The Kier molecular flexibility index (Phi) is 9.01. The Morgan fingerprint density at radius 1 is 0.872 bits per heavy atom. The molecule has 11 heteroatoms. The fourth-order valence-corrected chi connectivity index (χ4v) is 7.41. The molecule has 39 heavy (non-hydrogen) atoms. The lowest BCUT2D eigenvalue weighted by atomic mass is 9.74. The number of piperazine rings is 1. The number of hydrogen-bond donors (Lipinski definition) is 0. The molecular formula is C28H26F3N3O2S3. The molecular weight excluding hydrogens is 564 g/mol. The number of thioether (sulfide) groups is 1. The van der Waals surface area contributed by atoms with Gasteiger partial charge in [-0.1, -0.05) is 90.7 Å². The quantitative estimate of drug-likeness (QED) is 0.319. The molecule has 1 saturated heterocycles. The van der Waals surface area contributed by atoms with Crippen LogP contribution in [0.25, 0.3) is 0 Å². The van der Waals surface area contributed by atoms with Crippen LogP contribution in [0.15, 0.2) is 89.8 Å². The number of nitrogens with zero attached hydrogens (tertiary/aromatic N) is 3. The molecule has 1 aliphatic rings. The van der Waals surface area contributed by atoms with E-state index in [-0.39, 0.29) is 18.0 Å². The second-order valence-corrected chi connectivity index (χ2v) is 12.7. The summed E-state index contributed by atoms with van der Waals surface area (Å²) in [4.78, 5) is 1.52. The van der Waals surface area contributed by atoms with Crippen LogP contribution in [0, 0.1) is 11.3 Å². The van der Waals surface area contributed by atoms with Gasteiger partial charge in [0.15, 0.2) is 0 Å². The zero-order valence-electron chi connectivity index (χ0n) is 20.8. The number of nitriles is 1. The highest BCUT2D eigenvalue weighted by molar-refractivity contribution is 8.22. The van der Waals surface area contributed by atoms with E-state index in [2.05, 4.69) is 6.07 Å². The minimum Gasteiger partial charge on any atom is -0.355 e. The molecule has 0 saturated carbocycles. The summed E-state index contributed by atoms with van der Waals surface area (Å²) in [6.07, 6.45) is -4.11. The second kappa shape index (κ2) is 12.1. The summed E-state index contributed by atoms with van der Waals surface area (Å²) in [5.74, 6) is 0.568. The van der Waals surface area contributed by atoms with Gasteiger partial charge in [0, 0.05) is 31.9 Å². The van der Waals surface area contributed by atoms with Crippen LogP contribution in [-0.2, 0) is 21.6 Å². The van der Waals surface area contributed by atoms with Crippen molar-refractivity contribution in [1.82, 2.24) is 9.21 Å². The van der Waals surface area contributed by atoms with Crippen molar-refractivity contribution in [3.05, 3.63) is 102 Å². The number of sulfonamides is 1. The number of benzene rings is 3. The molecule has 0 N–H and O–H groups in total. The minimum absolute atomic E-state index is 0.107. The Balaban J connectivity index is 1.39. The van der Waals surface area contributed by atoms with Gasteiger partial charge < -0.3 is 4.90 Å². The molecule has 3 aromatic carbocycles. The molecule has 0 atom stereocenters. The summed E-state index contributed by atoms with van der Waals surface area (Å²) in [5, 5.41) is 10.3. The molecule has 4 rings (SSSR count). The summed E-state index contributed by atoms with van der Waals surface area (Å²) < 4.78 is 67.0. The van der Waals surface area contributed by atoms with Crippen molar-refractivity contribution < 1.29 is 21.6 Å². The average molecular weight is 590 g/mol. The molecule has 1 aliphatic heterocycles. The highest BCUT2D eigenvalue weighted by atomic mass is 32.2. The van der Waals surface area contributed by atoms with Crippen molar-refractivity contribution in [3.8, 4) is 6.07 Å². The highest BCUT2D eigenvalue weighted by Crippen LogP contribution is 2.37. The molecule has 0 aliphatic carbocycles. The van der Waals surface area contributed by atoms with Crippen LogP contribution in [0.1, 0.15) is 23.1 Å². The first kappa shape index (κ1) is 29.1. The van der Waals surface area contributed by atoms with Crippen molar-refractivity contribution in [3.63, 3.8) is 0 Å². The summed E-state index contributed by atoms with van der Waals surface area (Å²) in [5.41, 5.74) is -0.0421. The SMILES string of the molecule is N#CC(CCSC(=S)N1CCN(S(=O)(=O)c2cccc(C(F)(F)F)c2)CC1)(c1ccccc1)c1ccccc1. The predicted octanol–water partition coefficient (Wildman–Crippen LogP) is 5.93. The number of rotatable bonds is 7. The second-order valence-electron chi connectivity index (χ2n) is 9.03. The molecule has 0 bridgehead atoms. The molecule has 3 aromatic rings. The molecule has 204 valence electrons. The van der Waals surface area contributed by atoms with Gasteiger partial charge in [0.2, 0.25) is 10.0 Å². The van der Waals surface area contributed by atoms with Gasteiger partial charge >= 0.3 is 6.18 Å². The Labute approximate surface area is 236 Å². The van der Waals surface area contributed by atoms with Crippen LogP contribution in [0.5, 0.6) is 0 Å². The van der Waals surface area contributed by atoms with E-state index < -0.39 is 27.2 Å². The van der Waals surface area contributed by atoms with Gasteiger partial charge in [0.25, 0.3) is 0 Å². The summed E-state index contributed by atoms with van der Waals surface area (Å²) in [6, 6.07) is 25.6. The van der Waals surface area contributed by atoms with E-state index in [4.69, 9.17) is 12.2 Å². The Bertz CT molecular complexity index is 1400. The Hall–Kier alpha value is -2.91. The summed E-state index contributed by atoms with van der Waals surface area (Å²) in [7, 11) is -4.07. The normalized spacial score (nSPS) is 15.1. The van der Waals surface area contributed by atoms with Gasteiger partial charge in [-0.05, 0) is 35.7 Å². The number of hydrogen-bond acceptors (Lipinski definition) is 5. The van der Waals surface area contributed by atoms with Crippen molar-refractivity contribution in [2.24, 2.45) is 0 Å². The minimum atomic E-state index is -4.63. The van der Waals surface area contributed by atoms with E-state index in [1.807, 2.05) is 65.6 Å². The summed E-state index contributed by atoms with van der Waals surface area (Å²) in [6.45, 7) is 0.862. The summed E-state index contributed by atoms with van der Waals surface area (Å²) >= 11 is 7.07. The van der Waals surface area contributed by atoms with Crippen LogP contribution < -0.4 is 0 Å². The van der Waals surface area contributed by atoms with E-state index in [9.17, 15) is 26.9 Å². The van der Waals surface area contributed by atoms with Gasteiger partial charge in [0.05, 0.1) is 16.5 Å². The molecule has 1 heterocycles. The number of thiocarbonyl (C=S) groups is 1. The van der Waals surface area contributed by atoms with Crippen LogP contribution in [0.4, 0.5) is 13.2 Å². The maximum atomic E-state index is 13.1. The van der Waals surface area contributed by atoms with Crippen LogP contribution >= 0.6 is 24.0 Å². The van der Waals surface area contributed by atoms with Crippen LogP contribution in [0.2, 0.25) is 0 Å². The largest absolute Gasteiger partial charge is 0.416 e. The van der Waals surface area contributed by atoms with Gasteiger partial charge in [-0.25, -0.2) is 8.42 Å². The molecule has 0 aromatic heterocycles. The van der Waals surface area contributed by atoms with Gasteiger partial charge in [0.1, 0.15) is 9.74 Å². The third kappa shape index (κ3) is 6.47. The van der Waals surface area contributed by atoms with E-state index in [0.29, 0.717) is 35.7 Å². The maximum absolute atomic E-state index is 13.1. The van der Waals surface area contributed by atoms with Crippen molar-refractivity contribution >= 4 is 38.3 Å². The van der Waals surface area contributed by atoms with Gasteiger partial charge in [-0.3, -0.25) is 0 Å². The van der Waals surface area contributed by atoms with E-state index in [0.717, 1.165) is 23.3 Å². The predicted molar refractivity (Wildman–Crippen MR) is 151 cm³/mol. The van der Waals surface area contributed by atoms with Gasteiger partial charge in [-0.15, -0.1) is 0 Å².